The molecule has 4 nitrogen and oxygen atoms in total. The first-order chi connectivity index (χ1) is 8.43. The number of morpholine rings is 1. The Morgan fingerprint density at radius 1 is 1.41 bits per heavy atom. The van der Waals surface area contributed by atoms with Crippen LogP contribution in [0.15, 0.2) is 24.3 Å². The molecule has 2 aromatic rings. The quantitative estimate of drug-likeness (QED) is 0.852. The summed E-state index contributed by atoms with van der Waals surface area (Å²) in [6, 6.07) is 8.22. The van der Waals surface area contributed by atoms with Gasteiger partial charge in [0.25, 0.3) is 0 Å². The average Bonchev–Trinajstić information content (AvgIpc) is 2.86. The number of rotatable bonds is 1. The summed E-state index contributed by atoms with van der Waals surface area (Å²) >= 11 is 4.56. The van der Waals surface area contributed by atoms with Crippen LogP contribution in [0.5, 0.6) is 0 Å². The molecule has 1 atom stereocenters. The topological polar surface area (TPSA) is 51.2 Å². The molecule has 0 radical (unpaired) electrons. The third kappa shape index (κ3) is 2.84. The van der Waals surface area contributed by atoms with Crippen molar-refractivity contribution in [3.63, 3.8) is 0 Å². The predicted octanol–water partition coefficient (Wildman–Crippen LogP) is 1.62. The van der Waals surface area contributed by atoms with Gasteiger partial charge in [-0.15, -0.1) is 11.3 Å². The Hall–Kier alpha value is -0.950. The van der Waals surface area contributed by atoms with Crippen molar-refractivity contribution in [1.82, 2.24) is 10.3 Å². The molecule has 1 aliphatic rings. The third-order valence-corrected chi connectivity index (χ3v) is 3.64. The summed E-state index contributed by atoms with van der Waals surface area (Å²) < 4.78 is 14.7. The van der Waals surface area contributed by atoms with Gasteiger partial charge >= 0.3 is 0 Å². The third-order valence-electron chi connectivity index (χ3n) is 2.51. The molecular weight excluding hydrogens is 256 g/mol. The number of para-hydroxylation sites is 1. The Kier molecular flexibility index (Phi) is 4.49. The summed E-state index contributed by atoms with van der Waals surface area (Å²) in [5.74, 6) is 0. The van der Waals surface area contributed by atoms with Crippen LogP contribution in [0.25, 0.3) is 10.2 Å². The monoisotopic (exact) mass is 268 g/mol. The van der Waals surface area contributed by atoms with Crippen LogP contribution in [0, 0.1) is 0 Å². The number of fused-ring (bicyclic) bond motifs is 1. The molecule has 0 amide bonds. The van der Waals surface area contributed by atoms with Gasteiger partial charge in [0.15, 0.2) is 12.5 Å². The van der Waals surface area contributed by atoms with Crippen molar-refractivity contribution < 1.29 is 8.95 Å². The van der Waals surface area contributed by atoms with E-state index < -0.39 is 0 Å². The van der Waals surface area contributed by atoms with Crippen molar-refractivity contribution in [2.45, 2.75) is 6.10 Å². The maximum Gasteiger partial charge on any atom is 0.197 e. The number of aromatic nitrogens is 1. The van der Waals surface area contributed by atoms with Crippen LogP contribution in [0.2, 0.25) is 0 Å². The molecule has 1 N–H and O–H groups in total. The summed E-state index contributed by atoms with van der Waals surface area (Å²) in [5.41, 5.74) is 1.08. The van der Waals surface area contributed by atoms with E-state index in [1.165, 1.54) is 4.70 Å². The first-order valence-corrected chi connectivity index (χ1v) is 6.43. The van der Waals surface area contributed by atoms with Gasteiger partial charge in [0.05, 0.1) is 16.8 Å². The zero-order valence-electron chi connectivity index (χ0n) is 9.09. The molecule has 90 valence electrons. The Bertz CT molecular complexity index is 450. The molecule has 6 heteroatoms. The molecule has 0 aliphatic carbocycles. The molecule has 1 aromatic heterocycles. The van der Waals surface area contributed by atoms with Gasteiger partial charge in [-0.05, 0) is 12.1 Å². The fraction of sp³-hybridized carbons (Fsp3) is 0.364. The van der Waals surface area contributed by atoms with Crippen molar-refractivity contribution in [1.29, 1.82) is 0 Å². The van der Waals surface area contributed by atoms with E-state index >= 15 is 0 Å². The van der Waals surface area contributed by atoms with E-state index in [1.54, 1.807) is 11.3 Å². The van der Waals surface area contributed by atoms with Crippen LogP contribution in [-0.4, -0.2) is 28.9 Å². The number of hydrogen-bond acceptors (Lipinski definition) is 6. The zero-order valence-corrected chi connectivity index (χ0v) is 10.7. The number of nitrogens with zero attached hydrogens (tertiary/aromatic N) is 1. The molecule has 2 heterocycles. The van der Waals surface area contributed by atoms with Gasteiger partial charge < -0.3 is 10.1 Å². The second-order valence-electron chi connectivity index (χ2n) is 3.58. The lowest BCUT2D eigenvalue weighted by atomic mass is 10.3. The van der Waals surface area contributed by atoms with Crippen LogP contribution in [0.1, 0.15) is 11.1 Å². The van der Waals surface area contributed by atoms with E-state index in [2.05, 4.69) is 28.9 Å². The molecule has 1 aliphatic heterocycles. The fourth-order valence-electron chi connectivity index (χ4n) is 1.75. The van der Waals surface area contributed by atoms with Crippen molar-refractivity contribution in [3.8, 4) is 0 Å². The lowest BCUT2D eigenvalue weighted by Crippen LogP contribution is -2.33. The smallest absolute Gasteiger partial charge is 0.197 e. The van der Waals surface area contributed by atoms with Gasteiger partial charge in [0, 0.05) is 13.1 Å². The van der Waals surface area contributed by atoms with Gasteiger partial charge in [0.1, 0.15) is 11.1 Å². The van der Waals surface area contributed by atoms with Gasteiger partial charge in [0.2, 0.25) is 0 Å². The minimum Gasteiger partial charge on any atom is -0.368 e. The molecule has 3 rings (SSSR count). The maximum absolute atomic E-state index is 7.83. The van der Waals surface area contributed by atoms with Gasteiger partial charge in [-0.1, -0.05) is 12.1 Å². The standard InChI is InChI=1S/C11H12N2OS.OS/c1-2-4-10-8(3-1)13-11(15-10)9-7-12-5-6-14-9;1-2/h1-4,9,12H,5-7H2;. The minimum atomic E-state index is 0.135. The highest BCUT2D eigenvalue weighted by Gasteiger charge is 2.19. The summed E-state index contributed by atoms with van der Waals surface area (Å²) in [5, 5.41) is 4.41. The number of hydrogen-bond donors (Lipinski definition) is 1. The van der Waals surface area contributed by atoms with Gasteiger partial charge in [-0.3, -0.25) is 0 Å². The van der Waals surface area contributed by atoms with E-state index in [0.29, 0.717) is 0 Å². The summed E-state index contributed by atoms with van der Waals surface area (Å²) in [7, 11) is 0. The SMILES string of the molecule is O=S.c1ccc2sc(C3CNCCO3)nc2c1. The van der Waals surface area contributed by atoms with Crippen molar-refractivity contribution in [2.24, 2.45) is 0 Å². The second kappa shape index (κ2) is 6.11. The number of ether oxygens (including phenoxy) is 1. The van der Waals surface area contributed by atoms with Crippen LogP contribution < -0.4 is 5.32 Å². The highest BCUT2D eigenvalue weighted by atomic mass is 32.1. The fourth-order valence-corrected chi connectivity index (χ4v) is 2.77. The van der Waals surface area contributed by atoms with E-state index in [1.807, 2.05) is 18.2 Å². The zero-order chi connectivity index (χ0) is 12.1. The maximum atomic E-state index is 7.83. The largest absolute Gasteiger partial charge is 0.368 e. The molecule has 17 heavy (non-hydrogen) atoms. The lowest BCUT2D eigenvalue weighted by Gasteiger charge is -2.21. The van der Waals surface area contributed by atoms with Crippen molar-refractivity contribution >= 4 is 34.1 Å². The molecule has 0 bridgehead atoms. The Morgan fingerprint density at radius 3 is 2.94 bits per heavy atom. The number of thiazole rings is 1. The van der Waals surface area contributed by atoms with E-state index in [9.17, 15) is 0 Å². The molecule has 0 saturated carbocycles. The highest BCUT2D eigenvalue weighted by molar-refractivity contribution is 7.44. The number of benzene rings is 1. The Morgan fingerprint density at radius 2 is 2.24 bits per heavy atom. The minimum absolute atomic E-state index is 0.135. The van der Waals surface area contributed by atoms with Crippen LogP contribution in [0.3, 0.4) is 0 Å². The molecule has 1 fully saturated rings. The average molecular weight is 268 g/mol. The first-order valence-electron chi connectivity index (χ1n) is 5.28. The van der Waals surface area contributed by atoms with Crippen LogP contribution in [-0.2, 0) is 17.3 Å². The lowest BCUT2D eigenvalue weighted by molar-refractivity contribution is 0.0277. The molecule has 1 unspecified atom stereocenters. The van der Waals surface area contributed by atoms with Gasteiger partial charge in [-0.25, -0.2) is 4.98 Å². The molecule has 1 aromatic carbocycles. The van der Waals surface area contributed by atoms with E-state index in [0.717, 1.165) is 30.2 Å². The molecule has 0 spiro atoms. The Balaban J connectivity index is 0.000000514. The van der Waals surface area contributed by atoms with Crippen LogP contribution >= 0.6 is 11.3 Å². The predicted molar refractivity (Wildman–Crippen MR) is 69.3 cm³/mol. The summed E-state index contributed by atoms with van der Waals surface area (Å²) in [6.07, 6.45) is 0.135. The second-order valence-corrected chi connectivity index (χ2v) is 4.65. The number of nitrogens with one attached hydrogen (secondary N) is 1. The normalized spacial score (nSPS) is 19.6. The van der Waals surface area contributed by atoms with Crippen LogP contribution in [0.4, 0.5) is 0 Å². The summed E-state index contributed by atoms with van der Waals surface area (Å²) in [6.45, 7) is 2.60. The van der Waals surface area contributed by atoms with E-state index in [-0.39, 0.29) is 6.10 Å². The van der Waals surface area contributed by atoms with Crippen molar-refractivity contribution in [3.05, 3.63) is 29.3 Å². The van der Waals surface area contributed by atoms with Gasteiger partial charge in [-0.2, -0.15) is 4.21 Å². The van der Waals surface area contributed by atoms with E-state index in [4.69, 9.17) is 8.95 Å². The Labute approximate surface area is 109 Å². The van der Waals surface area contributed by atoms with Crippen molar-refractivity contribution in [2.75, 3.05) is 19.7 Å². The molecular formula is C11H12N2O2S2. The summed E-state index contributed by atoms with van der Waals surface area (Å²) in [4.78, 5) is 4.59. The molecule has 1 saturated heterocycles. The first kappa shape index (κ1) is 12.5. The highest BCUT2D eigenvalue weighted by Crippen LogP contribution is 2.28.